The first-order valence-electron chi connectivity index (χ1n) is 5.01. The Kier molecular flexibility index (Phi) is 3.77. The Hall–Kier alpha value is -0.520. The second kappa shape index (κ2) is 4.64. The molecule has 1 fully saturated rings. The largest absolute Gasteiger partial charge is 0.378 e. The van der Waals surface area contributed by atoms with Gasteiger partial charge in [0.25, 0.3) is 0 Å². The van der Waals surface area contributed by atoms with Gasteiger partial charge in [-0.05, 0) is 25.8 Å². The van der Waals surface area contributed by atoms with Crippen LogP contribution < -0.4 is 5.32 Å². The van der Waals surface area contributed by atoms with Gasteiger partial charge in [-0.2, -0.15) is 0 Å². The molecular formula is C11H19NO. The molecule has 13 heavy (non-hydrogen) atoms. The van der Waals surface area contributed by atoms with Crippen LogP contribution in [-0.4, -0.2) is 25.3 Å². The van der Waals surface area contributed by atoms with E-state index in [-0.39, 0.29) is 11.6 Å². The molecule has 0 amide bonds. The molecular weight excluding hydrogens is 162 g/mol. The Morgan fingerprint density at radius 3 is 2.62 bits per heavy atom. The molecule has 0 radical (unpaired) electrons. The van der Waals surface area contributed by atoms with Crippen molar-refractivity contribution in [1.29, 1.82) is 0 Å². The van der Waals surface area contributed by atoms with E-state index in [1.165, 1.54) is 6.42 Å². The summed E-state index contributed by atoms with van der Waals surface area (Å²) in [6.07, 6.45) is 9.98. The van der Waals surface area contributed by atoms with Crippen LogP contribution >= 0.6 is 0 Å². The minimum absolute atomic E-state index is 0.0825. The second-order valence-corrected chi connectivity index (χ2v) is 3.72. The molecule has 74 valence electrons. The van der Waals surface area contributed by atoms with Crippen LogP contribution in [0.5, 0.6) is 0 Å². The quantitative estimate of drug-likeness (QED) is 0.650. The van der Waals surface area contributed by atoms with Gasteiger partial charge in [0.15, 0.2) is 0 Å². The summed E-state index contributed by atoms with van der Waals surface area (Å²) in [6, 6.07) is 0.172. The lowest BCUT2D eigenvalue weighted by Crippen LogP contribution is -2.45. The molecule has 1 unspecified atom stereocenters. The van der Waals surface area contributed by atoms with Crippen LogP contribution in [0.25, 0.3) is 0 Å². The normalized spacial score (nSPS) is 21.6. The highest BCUT2D eigenvalue weighted by Gasteiger charge is 2.38. The highest BCUT2D eigenvalue weighted by atomic mass is 16.5. The summed E-state index contributed by atoms with van der Waals surface area (Å²) in [5, 5.41) is 3.27. The lowest BCUT2D eigenvalue weighted by atomic mass is 9.76. The van der Waals surface area contributed by atoms with Crippen molar-refractivity contribution in [2.24, 2.45) is 0 Å². The maximum Gasteiger partial charge on any atom is 0.0714 e. The summed E-state index contributed by atoms with van der Waals surface area (Å²) in [5.74, 6) is 2.77. The fourth-order valence-electron chi connectivity index (χ4n) is 1.87. The van der Waals surface area contributed by atoms with Crippen LogP contribution in [0.3, 0.4) is 0 Å². The zero-order valence-corrected chi connectivity index (χ0v) is 8.60. The van der Waals surface area contributed by atoms with Gasteiger partial charge in [0.05, 0.1) is 11.6 Å². The third-order valence-corrected chi connectivity index (χ3v) is 2.93. The van der Waals surface area contributed by atoms with Gasteiger partial charge in [-0.15, -0.1) is 6.42 Å². The minimum atomic E-state index is 0.0825. The first kappa shape index (κ1) is 10.6. The fraction of sp³-hybridized carbons (Fsp3) is 0.818. The number of hydrogen-bond acceptors (Lipinski definition) is 2. The van der Waals surface area contributed by atoms with Gasteiger partial charge in [-0.3, -0.25) is 0 Å². The number of terminal acetylenes is 1. The lowest BCUT2D eigenvalue weighted by Gasteiger charge is -2.42. The molecule has 2 nitrogen and oxygen atoms in total. The topological polar surface area (TPSA) is 21.3 Å². The Labute approximate surface area is 81.0 Å². The molecule has 1 rings (SSSR count). The van der Waals surface area contributed by atoms with Crippen molar-refractivity contribution in [2.45, 2.75) is 44.2 Å². The van der Waals surface area contributed by atoms with Crippen molar-refractivity contribution in [3.63, 3.8) is 0 Å². The van der Waals surface area contributed by atoms with E-state index in [9.17, 15) is 0 Å². The number of rotatable bonds is 5. The molecule has 0 bridgehead atoms. The average molecular weight is 181 g/mol. The first-order chi connectivity index (χ1) is 6.26. The standard InChI is InChI=1S/C11H19NO/c1-4-10(12-5-2)9-11(13-3)7-6-8-11/h1,10,12H,5-9H2,2-3H3. The van der Waals surface area contributed by atoms with Gasteiger partial charge >= 0.3 is 0 Å². The number of methoxy groups -OCH3 is 1. The molecule has 0 aliphatic heterocycles. The third-order valence-electron chi connectivity index (χ3n) is 2.93. The molecule has 1 atom stereocenters. The van der Waals surface area contributed by atoms with Crippen LogP contribution in [0.1, 0.15) is 32.6 Å². The summed E-state index contributed by atoms with van der Waals surface area (Å²) in [5.41, 5.74) is 0.0825. The molecule has 1 aliphatic carbocycles. The highest BCUT2D eigenvalue weighted by Crippen LogP contribution is 2.38. The number of nitrogens with one attached hydrogen (secondary N) is 1. The molecule has 0 heterocycles. The van der Waals surface area contributed by atoms with Gasteiger partial charge < -0.3 is 10.1 Å². The summed E-state index contributed by atoms with van der Waals surface area (Å²) >= 11 is 0. The summed E-state index contributed by atoms with van der Waals surface area (Å²) in [6.45, 7) is 3.00. The van der Waals surface area contributed by atoms with Crippen molar-refractivity contribution in [3.05, 3.63) is 0 Å². The number of ether oxygens (including phenoxy) is 1. The monoisotopic (exact) mass is 181 g/mol. The average Bonchev–Trinajstić information content (AvgIpc) is 2.09. The summed E-state index contributed by atoms with van der Waals surface area (Å²) in [4.78, 5) is 0. The lowest BCUT2D eigenvalue weighted by molar-refractivity contribution is -0.0802. The van der Waals surface area contributed by atoms with Crippen LogP contribution in [0.4, 0.5) is 0 Å². The van der Waals surface area contributed by atoms with Crippen molar-refractivity contribution in [3.8, 4) is 12.3 Å². The summed E-state index contributed by atoms with van der Waals surface area (Å²) in [7, 11) is 1.79. The van der Waals surface area contributed by atoms with Crippen molar-refractivity contribution >= 4 is 0 Å². The third kappa shape index (κ3) is 2.46. The highest BCUT2D eigenvalue weighted by molar-refractivity contribution is 5.04. The zero-order chi connectivity index (χ0) is 9.73. The summed E-state index contributed by atoms with van der Waals surface area (Å²) < 4.78 is 5.52. The van der Waals surface area contributed by atoms with E-state index in [2.05, 4.69) is 18.2 Å². The Bertz CT molecular complexity index is 185. The first-order valence-corrected chi connectivity index (χ1v) is 5.01. The molecule has 0 aromatic rings. The van der Waals surface area contributed by atoms with Crippen LogP contribution in [0, 0.1) is 12.3 Å². The molecule has 1 N–H and O–H groups in total. The Morgan fingerprint density at radius 2 is 2.31 bits per heavy atom. The smallest absolute Gasteiger partial charge is 0.0714 e. The van der Waals surface area contributed by atoms with E-state index < -0.39 is 0 Å². The van der Waals surface area contributed by atoms with E-state index in [0.717, 1.165) is 25.8 Å². The molecule has 0 saturated heterocycles. The van der Waals surface area contributed by atoms with Gasteiger partial charge in [0.1, 0.15) is 0 Å². The van der Waals surface area contributed by atoms with Crippen LogP contribution in [0.2, 0.25) is 0 Å². The van der Waals surface area contributed by atoms with Crippen LogP contribution in [0.15, 0.2) is 0 Å². The van der Waals surface area contributed by atoms with E-state index >= 15 is 0 Å². The fourth-order valence-corrected chi connectivity index (χ4v) is 1.87. The second-order valence-electron chi connectivity index (χ2n) is 3.72. The molecule has 1 aliphatic rings. The Morgan fingerprint density at radius 1 is 1.62 bits per heavy atom. The number of hydrogen-bond donors (Lipinski definition) is 1. The molecule has 0 aromatic heterocycles. The van der Waals surface area contributed by atoms with Gasteiger partial charge in [-0.25, -0.2) is 0 Å². The zero-order valence-electron chi connectivity index (χ0n) is 8.60. The van der Waals surface area contributed by atoms with Crippen molar-refractivity contribution < 1.29 is 4.74 Å². The van der Waals surface area contributed by atoms with Gasteiger partial charge in [-0.1, -0.05) is 12.8 Å². The van der Waals surface area contributed by atoms with Gasteiger partial charge in [0, 0.05) is 13.5 Å². The maximum atomic E-state index is 5.52. The molecule has 1 saturated carbocycles. The SMILES string of the molecule is C#CC(CC1(OC)CCC1)NCC. The van der Waals surface area contributed by atoms with Crippen LogP contribution in [-0.2, 0) is 4.74 Å². The Balaban J connectivity index is 2.40. The van der Waals surface area contributed by atoms with E-state index in [4.69, 9.17) is 11.2 Å². The molecule has 0 aromatic carbocycles. The molecule has 0 spiro atoms. The minimum Gasteiger partial charge on any atom is -0.378 e. The maximum absolute atomic E-state index is 5.52. The van der Waals surface area contributed by atoms with Crippen molar-refractivity contribution in [2.75, 3.05) is 13.7 Å². The predicted molar refractivity (Wildman–Crippen MR) is 54.5 cm³/mol. The van der Waals surface area contributed by atoms with E-state index in [0.29, 0.717) is 0 Å². The van der Waals surface area contributed by atoms with Crippen molar-refractivity contribution in [1.82, 2.24) is 5.32 Å². The van der Waals surface area contributed by atoms with Gasteiger partial charge in [0.2, 0.25) is 0 Å². The molecule has 2 heteroatoms. The van der Waals surface area contributed by atoms with E-state index in [1.807, 2.05) is 0 Å². The van der Waals surface area contributed by atoms with E-state index in [1.54, 1.807) is 7.11 Å². The predicted octanol–water partition coefficient (Wildman–Crippen LogP) is 1.56.